The van der Waals surface area contributed by atoms with Crippen LogP contribution in [0.25, 0.3) is 0 Å². The number of amides is 1. The van der Waals surface area contributed by atoms with Crippen LogP contribution in [0.1, 0.15) is 43.0 Å². The number of hydrogen-bond donors (Lipinski definition) is 3. The predicted molar refractivity (Wildman–Crippen MR) is 131 cm³/mol. The van der Waals surface area contributed by atoms with Crippen LogP contribution in [-0.4, -0.2) is 45.3 Å². The highest BCUT2D eigenvalue weighted by atomic mass is 32.2. The number of nitrogens with one attached hydrogen (secondary N) is 3. The standard InChI is InChI=1S/C23H29N3O5S2/c1-2-3-13-30-19-7-4-6-17(15-19)22(27)26-23(32)25-18-9-11-21(12-10-18)33(28,29)24-16-20-8-5-14-31-20/h4,6-7,9-12,15,20,24H,2-3,5,8,13-14,16H2,1H3,(H2,25,26,27,32). The summed E-state index contributed by atoms with van der Waals surface area (Å²) in [5.41, 5.74) is 0.974. The molecule has 0 aromatic heterocycles. The maximum Gasteiger partial charge on any atom is 0.257 e. The maximum atomic E-state index is 12.5. The third kappa shape index (κ3) is 7.78. The summed E-state index contributed by atoms with van der Waals surface area (Å²) in [5, 5.41) is 5.61. The van der Waals surface area contributed by atoms with Crippen LogP contribution in [-0.2, 0) is 14.8 Å². The zero-order valence-corrected chi connectivity index (χ0v) is 20.1. The van der Waals surface area contributed by atoms with Crippen molar-refractivity contribution in [2.24, 2.45) is 0 Å². The molecule has 8 nitrogen and oxygen atoms in total. The molecule has 3 rings (SSSR count). The van der Waals surface area contributed by atoms with Crippen molar-refractivity contribution in [2.45, 2.75) is 43.6 Å². The molecule has 1 heterocycles. The van der Waals surface area contributed by atoms with E-state index in [4.69, 9.17) is 21.7 Å². The Bertz CT molecular complexity index is 1050. The van der Waals surface area contributed by atoms with Gasteiger partial charge >= 0.3 is 0 Å². The van der Waals surface area contributed by atoms with Gasteiger partial charge in [0.05, 0.1) is 17.6 Å². The van der Waals surface area contributed by atoms with Crippen LogP contribution in [0.2, 0.25) is 0 Å². The van der Waals surface area contributed by atoms with E-state index in [2.05, 4.69) is 22.3 Å². The van der Waals surface area contributed by atoms with Gasteiger partial charge in [-0.1, -0.05) is 19.4 Å². The number of hydrogen-bond acceptors (Lipinski definition) is 6. The molecular formula is C23H29N3O5S2. The molecule has 178 valence electrons. The average molecular weight is 492 g/mol. The molecule has 10 heteroatoms. The highest BCUT2D eigenvalue weighted by molar-refractivity contribution is 7.89. The third-order valence-electron chi connectivity index (χ3n) is 5.04. The van der Waals surface area contributed by atoms with Crippen molar-refractivity contribution in [3.63, 3.8) is 0 Å². The molecule has 0 aliphatic carbocycles. The van der Waals surface area contributed by atoms with Crippen LogP contribution in [0, 0.1) is 0 Å². The molecule has 1 aliphatic heterocycles. The van der Waals surface area contributed by atoms with Gasteiger partial charge in [0.25, 0.3) is 5.91 Å². The summed E-state index contributed by atoms with van der Waals surface area (Å²) in [7, 11) is -3.63. The number of unbranched alkanes of at least 4 members (excludes halogenated alkanes) is 1. The van der Waals surface area contributed by atoms with Crippen LogP contribution in [0.4, 0.5) is 5.69 Å². The van der Waals surface area contributed by atoms with E-state index in [9.17, 15) is 13.2 Å². The molecule has 3 N–H and O–H groups in total. The average Bonchev–Trinajstić information content (AvgIpc) is 3.32. The lowest BCUT2D eigenvalue weighted by atomic mass is 10.2. The minimum atomic E-state index is -3.63. The Kier molecular flexibility index (Phi) is 9.19. The normalized spacial score (nSPS) is 15.7. The Morgan fingerprint density at radius 2 is 2.00 bits per heavy atom. The van der Waals surface area contributed by atoms with E-state index in [0.29, 0.717) is 30.2 Å². The second-order valence-corrected chi connectivity index (χ2v) is 9.82. The van der Waals surface area contributed by atoms with Crippen molar-refractivity contribution in [3.05, 3.63) is 54.1 Å². The van der Waals surface area contributed by atoms with Crippen molar-refractivity contribution in [1.82, 2.24) is 10.0 Å². The van der Waals surface area contributed by atoms with Gasteiger partial charge in [-0.05, 0) is 73.9 Å². The van der Waals surface area contributed by atoms with E-state index in [1.54, 1.807) is 36.4 Å². The van der Waals surface area contributed by atoms with E-state index >= 15 is 0 Å². The lowest BCUT2D eigenvalue weighted by molar-refractivity contribution is 0.0977. The van der Waals surface area contributed by atoms with Crippen molar-refractivity contribution < 1.29 is 22.7 Å². The van der Waals surface area contributed by atoms with Gasteiger partial charge in [-0.15, -0.1) is 0 Å². The third-order valence-corrected chi connectivity index (χ3v) is 6.68. The van der Waals surface area contributed by atoms with Gasteiger partial charge in [0, 0.05) is 24.4 Å². The van der Waals surface area contributed by atoms with Gasteiger partial charge in [0.2, 0.25) is 10.0 Å². The first-order valence-corrected chi connectivity index (χ1v) is 12.8. The van der Waals surface area contributed by atoms with Gasteiger partial charge in [-0.3, -0.25) is 10.1 Å². The van der Waals surface area contributed by atoms with Crippen LogP contribution < -0.4 is 20.1 Å². The minimum Gasteiger partial charge on any atom is -0.494 e. The minimum absolute atomic E-state index is 0.0784. The van der Waals surface area contributed by atoms with E-state index in [0.717, 1.165) is 25.7 Å². The highest BCUT2D eigenvalue weighted by Gasteiger charge is 2.20. The Morgan fingerprint density at radius 1 is 1.21 bits per heavy atom. The number of rotatable bonds is 10. The molecule has 1 unspecified atom stereocenters. The number of carbonyl (C=O) groups is 1. The van der Waals surface area contributed by atoms with Crippen LogP contribution in [0.15, 0.2) is 53.4 Å². The number of sulfonamides is 1. The van der Waals surface area contributed by atoms with E-state index in [1.165, 1.54) is 12.1 Å². The van der Waals surface area contributed by atoms with Crippen molar-refractivity contribution in [3.8, 4) is 5.75 Å². The maximum absolute atomic E-state index is 12.5. The molecule has 2 aromatic carbocycles. The van der Waals surface area contributed by atoms with E-state index in [1.807, 2.05) is 0 Å². The Balaban J connectivity index is 1.52. The Labute approximate surface area is 200 Å². The quantitative estimate of drug-likeness (QED) is 0.345. The van der Waals surface area contributed by atoms with Gasteiger partial charge in [0.1, 0.15) is 5.75 Å². The SMILES string of the molecule is CCCCOc1cccc(C(=O)NC(=S)Nc2ccc(S(=O)(=O)NCC3CCCO3)cc2)c1. The van der Waals surface area contributed by atoms with Gasteiger partial charge < -0.3 is 14.8 Å². The van der Waals surface area contributed by atoms with E-state index in [-0.39, 0.29) is 28.6 Å². The topological polar surface area (TPSA) is 106 Å². The predicted octanol–water partition coefficient (Wildman–Crippen LogP) is 3.45. The molecular weight excluding hydrogens is 462 g/mol. The largest absolute Gasteiger partial charge is 0.494 e. The fourth-order valence-corrected chi connectivity index (χ4v) is 4.48. The van der Waals surface area contributed by atoms with Crippen molar-refractivity contribution in [1.29, 1.82) is 0 Å². The Morgan fingerprint density at radius 3 is 2.70 bits per heavy atom. The monoisotopic (exact) mass is 491 g/mol. The number of thiocarbonyl (C=S) groups is 1. The summed E-state index contributed by atoms with van der Waals surface area (Å²) in [4.78, 5) is 12.6. The molecule has 1 atom stereocenters. The molecule has 0 bridgehead atoms. The first-order chi connectivity index (χ1) is 15.9. The molecule has 1 amide bonds. The lowest BCUT2D eigenvalue weighted by Crippen LogP contribution is -2.34. The molecule has 1 fully saturated rings. The molecule has 0 saturated carbocycles. The van der Waals surface area contributed by atoms with Gasteiger partial charge in [-0.25, -0.2) is 13.1 Å². The lowest BCUT2D eigenvalue weighted by Gasteiger charge is -2.13. The first kappa shape index (κ1) is 25.1. The summed E-state index contributed by atoms with van der Waals surface area (Å²) in [5.74, 6) is 0.255. The molecule has 1 aliphatic rings. The summed E-state index contributed by atoms with van der Waals surface area (Å²) in [6.45, 7) is 3.60. The molecule has 0 radical (unpaired) electrons. The number of anilines is 1. The van der Waals surface area contributed by atoms with Crippen LogP contribution >= 0.6 is 12.2 Å². The summed E-state index contributed by atoms with van der Waals surface area (Å²) in [6, 6.07) is 13.0. The molecule has 1 saturated heterocycles. The zero-order chi connectivity index (χ0) is 23.7. The van der Waals surface area contributed by atoms with Crippen molar-refractivity contribution in [2.75, 3.05) is 25.1 Å². The van der Waals surface area contributed by atoms with Crippen molar-refractivity contribution >= 4 is 38.9 Å². The first-order valence-electron chi connectivity index (χ1n) is 10.9. The van der Waals surface area contributed by atoms with E-state index < -0.39 is 10.0 Å². The summed E-state index contributed by atoms with van der Waals surface area (Å²) >= 11 is 5.22. The fourth-order valence-electron chi connectivity index (χ4n) is 3.21. The second kappa shape index (κ2) is 12.1. The molecule has 0 spiro atoms. The number of carbonyl (C=O) groups excluding carboxylic acids is 1. The van der Waals surface area contributed by atoms with Crippen LogP contribution in [0.3, 0.4) is 0 Å². The number of benzene rings is 2. The molecule has 2 aromatic rings. The summed E-state index contributed by atoms with van der Waals surface area (Å²) in [6.07, 6.45) is 3.69. The van der Waals surface area contributed by atoms with Crippen LogP contribution in [0.5, 0.6) is 5.75 Å². The zero-order valence-electron chi connectivity index (χ0n) is 18.5. The second-order valence-electron chi connectivity index (χ2n) is 7.65. The van der Waals surface area contributed by atoms with Gasteiger partial charge in [0.15, 0.2) is 5.11 Å². The fraction of sp³-hybridized carbons (Fsp3) is 0.391. The highest BCUT2D eigenvalue weighted by Crippen LogP contribution is 2.17. The van der Waals surface area contributed by atoms with Gasteiger partial charge in [-0.2, -0.15) is 0 Å². The molecule has 33 heavy (non-hydrogen) atoms. The Hall–Kier alpha value is -2.53. The summed E-state index contributed by atoms with van der Waals surface area (Å²) < 4.78 is 38.6. The number of ether oxygens (including phenoxy) is 2. The smallest absolute Gasteiger partial charge is 0.257 e.